The summed E-state index contributed by atoms with van der Waals surface area (Å²) in [6.45, 7) is 9.75. The van der Waals surface area contributed by atoms with Crippen molar-refractivity contribution in [2.24, 2.45) is 0 Å². The number of unbranched alkanes of at least 4 members (excludes halogenated alkanes) is 3. The second kappa shape index (κ2) is 16.5. The highest BCUT2D eigenvalue weighted by atomic mass is 16.6. The van der Waals surface area contributed by atoms with Crippen molar-refractivity contribution in [3.63, 3.8) is 0 Å². The molecular weight excluding hydrogens is 554 g/mol. The van der Waals surface area contributed by atoms with Crippen molar-refractivity contribution < 1.29 is 23.9 Å². The van der Waals surface area contributed by atoms with Crippen LogP contribution in [0.25, 0.3) is 0 Å². The fourth-order valence-electron chi connectivity index (χ4n) is 4.97. The molecule has 0 heterocycles. The molecule has 2 unspecified atom stereocenters. The van der Waals surface area contributed by atoms with Gasteiger partial charge in [0.15, 0.2) is 0 Å². The molecule has 236 valence electrons. The Kier molecular flexibility index (Phi) is 12.8. The Morgan fingerprint density at radius 1 is 0.886 bits per heavy atom. The lowest BCUT2D eigenvalue weighted by molar-refractivity contribution is -0.140. The molecule has 0 spiro atoms. The number of methoxy groups -OCH3 is 1. The molecule has 0 radical (unpaired) electrons. The molecule has 0 aromatic heterocycles. The number of nitrogens with zero attached hydrogens (tertiary/aromatic N) is 1. The standard InChI is InChI=1S/C36H47N3O5/c1-7-8-9-13-23-39(34(41)31(25-27-16-11-10-12-17-27)38-35(42)44-36(3,4)5)32(28-18-14-15-26(2)24-28)33(40)37-29-19-21-30(43-6)22-20-29/h10-12,14-22,24,31-32H,7-9,13,23,25H2,1-6H3,(H,37,40)(H,38,42). The van der Waals surface area contributed by atoms with E-state index in [1.807, 2.05) is 61.5 Å². The molecular formula is C36H47N3O5. The van der Waals surface area contributed by atoms with Gasteiger partial charge in [0.25, 0.3) is 5.91 Å². The van der Waals surface area contributed by atoms with Crippen LogP contribution in [-0.4, -0.2) is 48.1 Å². The Labute approximate surface area is 262 Å². The van der Waals surface area contributed by atoms with Gasteiger partial charge >= 0.3 is 6.09 Å². The van der Waals surface area contributed by atoms with Crippen LogP contribution in [0.5, 0.6) is 5.75 Å². The average Bonchev–Trinajstić information content (AvgIpc) is 2.98. The highest BCUT2D eigenvalue weighted by Crippen LogP contribution is 2.27. The number of hydrogen-bond acceptors (Lipinski definition) is 5. The molecule has 8 nitrogen and oxygen atoms in total. The van der Waals surface area contributed by atoms with E-state index in [1.54, 1.807) is 57.0 Å². The number of alkyl carbamates (subject to hydrolysis) is 1. The van der Waals surface area contributed by atoms with E-state index in [0.717, 1.165) is 30.4 Å². The zero-order valence-electron chi connectivity index (χ0n) is 26.9. The molecule has 0 aliphatic heterocycles. The zero-order chi connectivity index (χ0) is 32.1. The number of ether oxygens (including phenoxy) is 2. The number of rotatable bonds is 14. The highest BCUT2D eigenvalue weighted by molar-refractivity contribution is 5.99. The molecule has 0 saturated carbocycles. The molecule has 3 rings (SSSR count). The number of carbonyl (C=O) groups excluding carboxylic acids is 3. The van der Waals surface area contributed by atoms with Crippen LogP contribution >= 0.6 is 0 Å². The number of amides is 3. The van der Waals surface area contributed by atoms with Crippen LogP contribution < -0.4 is 15.4 Å². The van der Waals surface area contributed by atoms with E-state index in [2.05, 4.69) is 17.6 Å². The normalized spacial score (nSPS) is 12.5. The van der Waals surface area contributed by atoms with Crippen molar-refractivity contribution in [2.45, 2.75) is 84.4 Å². The maximum absolute atomic E-state index is 14.6. The van der Waals surface area contributed by atoms with Crippen LogP contribution in [0.2, 0.25) is 0 Å². The van der Waals surface area contributed by atoms with Crippen LogP contribution in [0.4, 0.5) is 10.5 Å². The first-order valence-corrected chi connectivity index (χ1v) is 15.4. The summed E-state index contributed by atoms with van der Waals surface area (Å²) in [5.41, 5.74) is 2.38. The van der Waals surface area contributed by atoms with Crippen LogP contribution in [-0.2, 0) is 20.7 Å². The number of carbonyl (C=O) groups is 3. The summed E-state index contributed by atoms with van der Waals surface area (Å²) < 4.78 is 10.8. The van der Waals surface area contributed by atoms with Gasteiger partial charge in [0.05, 0.1) is 7.11 Å². The number of hydrogen-bond donors (Lipinski definition) is 2. The summed E-state index contributed by atoms with van der Waals surface area (Å²) in [7, 11) is 1.58. The minimum absolute atomic E-state index is 0.241. The zero-order valence-corrected chi connectivity index (χ0v) is 26.9. The second-order valence-corrected chi connectivity index (χ2v) is 12.0. The first kappa shape index (κ1) is 34.2. The molecule has 0 aliphatic carbocycles. The number of benzene rings is 3. The third kappa shape index (κ3) is 10.7. The predicted octanol–water partition coefficient (Wildman–Crippen LogP) is 7.23. The van der Waals surface area contributed by atoms with Crippen LogP contribution in [0.3, 0.4) is 0 Å². The number of nitrogens with one attached hydrogen (secondary N) is 2. The second-order valence-electron chi connectivity index (χ2n) is 12.0. The predicted molar refractivity (Wildman–Crippen MR) is 175 cm³/mol. The molecule has 0 bridgehead atoms. The fourth-order valence-corrected chi connectivity index (χ4v) is 4.97. The third-order valence-corrected chi connectivity index (χ3v) is 7.08. The Hall–Kier alpha value is -4.33. The highest BCUT2D eigenvalue weighted by Gasteiger charge is 2.36. The van der Waals surface area contributed by atoms with Crippen LogP contribution in [0.15, 0.2) is 78.9 Å². The van der Waals surface area contributed by atoms with Gasteiger partial charge < -0.3 is 25.0 Å². The summed E-state index contributed by atoms with van der Waals surface area (Å²) in [4.78, 5) is 43.4. The molecule has 0 saturated heterocycles. The fraction of sp³-hybridized carbons (Fsp3) is 0.417. The molecule has 0 aliphatic rings. The summed E-state index contributed by atoms with van der Waals surface area (Å²) >= 11 is 0. The molecule has 3 aromatic carbocycles. The van der Waals surface area contributed by atoms with Gasteiger partial charge in [-0.25, -0.2) is 4.79 Å². The molecule has 0 fully saturated rings. The maximum Gasteiger partial charge on any atom is 0.408 e. The topological polar surface area (TPSA) is 97.0 Å². The number of anilines is 1. The minimum atomic E-state index is -0.959. The summed E-state index contributed by atoms with van der Waals surface area (Å²) in [5.74, 6) is -0.0316. The lowest BCUT2D eigenvalue weighted by Crippen LogP contribution is -2.53. The largest absolute Gasteiger partial charge is 0.497 e. The van der Waals surface area contributed by atoms with Gasteiger partial charge in [0.2, 0.25) is 5.91 Å². The minimum Gasteiger partial charge on any atom is -0.497 e. The summed E-state index contributed by atoms with van der Waals surface area (Å²) in [6.07, 6.45) is 3.22. The van der Waals surface area contributed by atoms with E-state index in [4.69, 9.17) is 9.47 Å². The molecule has 2 N–H and O–H groups in total. The van der Waals surface area contributed by atoms with Crippen molar-refractivity contribution >= 4 is 23.6 Å². The van der Waals surface area contributed by atoms with Gasteiger partial charge in [-0.05, 0) is 69.5 Å². The van der Waals surface area contributed by atoms with Gasteiger partial charge in [-0.1, -0.05) is 86.3 Å². The van der Waals surface area contributed by atoms with Crippen molar-refractivity contribution in [1.82, 2.24) is 10.2 Å². The van der Waals surface area contributed by atoms with Crippen molar-refractivity contribution in [3.8, 4) is 5.75 Å². The Morgan fingerprint density at radius 2 is 1.59 bits per heavy atom. The summed E-state index contributed by atoms with van der Waals surface area (Å²) in [5, 5.41) is 5.83. The van der Waals surface area contributed by atoms with Crippen LogP contribution in [0, 0.1) is 6.92 Å². The van der Waals surface area contributed by atoms with Gasteiger partial charge in [-0.2, -0.15) is 0 Å². The molecule has 3 aromatic rings. The van der Waals surface area contributed by atoms with Crippen molar-refractivity contribution in [3.05, 3.63) is 95.6 Å². The van der Waals surface area contributed by atoms with E-state index < -0.39 is 23.8 Å². The lowest BCUT2D eigenvalue weighted by atomic mass is 9.98. The number of aryl methyl sites for hydroxylation is 1. The first-order valence-electron chi connectivity index (χ1n) is 15.4. The average molecular weight is 602 g/mol. The van der Waals surface area contributed by atoms with E-state index in [9.17, 15) is 14.4 Å². The smallest absolute Gasteiger partial charge is 0.408 e. The Bertz CT molecular complexity index is 1350. The monoisotopic (exact) mass is 601 g/mol. The molecule has 8 heteroatoms. The van der Waals surface area contributed by atoms with Gasteiger partial charge in [-0.15, -0.1) is 0 Å². The molecule has 3 amide bonds. The quantitative estimate of drug-likeness (QED) is 0.190. The van der Waals surface area contributed by atoms with Crippen molar-refractivity contribution in [2.75, 3.05) is 19.0 Å². The van der Waals surface area contributed by atoms with Crippen molar-refractivity contribution in [1.29, 1.82) is 0 Å². The van der Waals surface area contributed by atoms with Gasteiger partial charge in [0.1, 0.15) is 23.4 Å². The Balaban J connectivity index is 2.05. The SMILES string of the molecule is CCCCCCN(C(=O)C(Cc1ccccc1)NC(=O)OC(C)(C)C)C(C(=O)Nc1ccc(OC)cc1)c1cccc(C)c1. The lowest BCUT2D eigenvalue weighted by Gasteiger charge is -2.35. The molecule has 2 atom stereocenters. The van der Waals surface area contributed by atoms with Gasteiger partial charge in [-0.3, -0.25) is 9.59 Å². The van der Waals surface area contributed by atoms with Crippen LogP contribution in [0.1, 0.15) is 76.1 Å². The van der Waals surface area contributed by atoms with Gasteiger partial charge in [0, 0.05) is 18.7 Å². The van der Waals surface area contributed by atoms with E-state index in [-0.39, 0.29) is 18.2 Å². The van der Waals surface area contributed by atoms with E-state index in [1.165, 1.54) is 0 Å². The molecule has 44 heavy (non-hydrogen) atoms. The Morgan fingerprint density at radius 3 is 2.20 bits per heavy atom. The summed E-state index contributed by atoms with van der Waals surface area (Å²) in [6, 6.07) is 22.3. The van der Waals surface area contributed by atoms with E-state index in [0.29, 0.717) is 30.0 Å². The maximum atomic E-state index is 14.6. The third-order valence-electron chi connectivity index (χ3n) is 7.08. The van der Waals surface area contributed by atoms with E-state index >= 15 is 0 Å². The first-order chi connectivity index (χ1) is 21.0.